The fourth-order valence-corrected chi connectivity index (χ4v) is 2.02. The van der Waals surface area contributed by atoms with E-state index in [1.165, 1.54) is 0 Å². The molecular formula is C12H9N3O2. The largest absolute Gasteiger partial charge is 0.463 e. The average molecular weight is 227 g/mol. The fourth-order valence-electron chi connectivity index (χ4n) is 2.02. The molecule has 5 nitrogen and oxygen atoms in total. The molecule has 0 saturated carbocycles. The van der Waals surface area contributed by atoms with Gasteiger partial charge in [0.2, 0.25) is 0 Å². The summed E-state index contributed by atoms with van der Waals surface area (Å²) in [6, 6.07) is 7.44. The van der Waals surface area contributed by atoms with Crippen molar-refractivity contribution in [3.05, 3.63) is 53.2 Å². The standard InChI is InChI=1S/C12H9N3O2/c16-12(17)15-10-7-3-5-8-4-1-2-6-9(8)11(10)13-14-15/h1-7,11H,(H,16,17). The summed E-state index contributed by atoms with van der Waals surface area (Å²) in [5, 5.41) is 17.6. The quantitative estimate of drug-likeness (QED) is 0.740. The second kappa shape index (κ2) is 3.55. The molecule has 1 aliphatic carbocycles. The third kappa shape index (κ3) is 1.44. The molecule has 2 aliphatic rings. The SMILES string of the molecule is O=C(O)N1N=NC2C1=CC=Cc1ccccc12. The van der Waals surface area contributed by atoms with Crippen molar-refractivity contribution in [3.63, 3.8) is 0 Å². The van der Waals surface area contributed by atoms with Crippen molar-refractivity contribution in [3.8, 4) is 0 Å². The van der Waals surface area contributed by atoms with Gasteiger partial charge in [-0.3, -0.25) is 0 Å². The molecule has 1 atom stereocenters. The van der Waals surface area contributed by atoms with Crippen molar-refractivity contribution in [1.29, 1.82) is 0 Å². The minimum Gasteiger partial charge on any atom is -0.463 e. The predicted molar refractivity (Wildman–Crippen MR) is 61.0 cm³/mol. The third-order valence-electron chi connectivity index (χ3n) is 2.80. The van der Waals surface area contributed by atoms with Gasteiger partial charge in [0.1, 0.15) is 6.04 Å². The monoisotopic (exact) mass is 227 g/mol. The van der Waals surface area contributed by atoms with Gasteiger partial charge >= 0.3 is 6.09 Å². The summed E-state index contributed by atoms with van der Waals surface area (Å²) in [5.74, 6) is 0. The summed E-state index contributed by atoms with van der Waals surface area (Å²) < 4.78 is 0. The van der Waals surface area contributed by atoms with Crippen LogP contribution in [0.15, 0.2) is 52.5 Å². The maximum atomic E-state index is 11.0. The minimum atomic E-state index is -1.12. The van der Waals surface area contributed by atoms with Crippen LogP contribution in [0.4, 0.5) is 4.79 Å². The van der Waals surface area contributed by atoms with E-state index >= 15 is 0 Å². The molecule has 1 aliphatic heterocycles. The molecule has 0 saturated heterocycles. The van der Waals surface area contributed by atoms with E-state index < -0.39 is 6.09 Å². The lowest BCUT2D eigenvalue weighted by Gasteiger charge is -2.13. The number of amides is 1. The van der Waals surface area contributed by atoms with Gasteiger partial charge in [-0.2, -0.15) is 5.11 Å². The van der Waals surface area contributed by atoms with Crippen molar-refractivity contribution in [2.75, 3.05) is 0 Å². The van der Waals surface area contributed by atoms with Gasteiger partial charge in [-0.15, -0.1) is 5.01 Å². The van der Waals surface area contributed by atoms with Crippen LogP contribution in [0.25, 0.3) is 6.08 Å². The van der Waals surface area contributed by atoms with Crippen LogP contribution in [-0.2, 0) is 0 Å². The van der Waals surface area contributed by atoms with Gasteiger partial charge in [0.05, 0.1) is 5.70 Å². The van der Waals surface area contributed by atoms with Crippen molar-refractivity contribution < 1.29 is 9.90 Å². The first-order chi connectivity index (χ1) is 8.27. The van der Waals surface area contributed by atoms with E-state index in [2.05, 4.69) is 10.3 Å². The highest BCUT2D eigenvalue weighted by Crippen LogP contribution is 2.38. The van der Waals surface area contributed by atoms with Crippen molar-refractivity contribution >= 4 is 12.2 Å². The first kappa shape index (κ1) is 9.77. The maximum absolute atomic E-state index is 11.0. The summed E-state index contributed by atoms with van der Waals surface area (Å²) in [6.45, 7) is 0. The van der Waals surface area contributed by atoms with Crippen LogP contribution < -0.4 is 0 Å². The van der Waals surface area contributed by atoms with Crippen LogP contribution in [0.3, 0.4) is 0 Å². The Balaban J connectivity index is 2.12. The summed E-state index contributed by atoms with van der Waals surface area (Å²) in [5.41, 5.74) is 2.58. The van der Waals surface area contributed by atoms with E-state index in [0.717, 1.165) is 16.1 Å². The van der Waals surface area contributed by atoms with Crippen LogP contribution in [0.5, 0.6) is 0 Å². The molecule has 1 aromatic rings. The van der Waals surface area contributed by atoms with Crippen LogP contribution in [0.2, 0.25) is 0 Å². The van der Waals surface area contributed by atoms with Crippen LogP contribution in [0.1, 0.15) is 17.2 Å². The first-order valence-electron chi connectivity index (χ1n) is 5.18. The van der Waals surface area contributed by atoms with Gasteiger partial charge in [-0.1, -0.05) is 41.6 Å². The van der Waals surface area contributed by atoms with E-state index in [4.69, 9.17) is 5.11 Å². The summed E-state index contributed by atoms with van der Waals surface area (Å²) in [7, 11) is 0. The van der Waals surface area contributed by atoms with Gasteiger partial charge in [-0.05, 0) is 17.2 Å². The molecule has 1 unspecified atom stereocenters. The number of rotatable bonds is 0. The van der Waals surface area contributed by atoms with Gasteiger partial charge < -0.3 is 5.11 Å². The van der Waals surface area contributed by atoms with Gasteiger partial charge in [0, 0.05) is 0 Å². The molecule has 1 N–H and O–H groups in total. The molecule has 0 spiro atoms. The number of allylic oxidation sites excluding steroid dienone is 2. The predicted octanol–water partition coefficient (Wildman–Crippen LogP) is 3.00. The van der Waals surface area contributed by atoms with Gasteiger partial charge in [0.15, 0.2) is 0 Å². The molecular weight excluding hydrogens is 218 g/mol. The molecule has 1 heterocycles. The summed E-state index contributed by atoms with van der Waals surface area (Å²) >= 11 is 0. The van der Waals surface area contributed by atoms with Crippen LogP contribution in [0, 0.1) is 0 Å². The second-order valence-electron chi connectivity index (χ2n) is 3.78. The lowest BCUT2D eigenvalue weighted by atomic mass is 10.00. The lowest BCUT2D eigenvalue weighted by Crippen LogP contribution is -2.21. The molecule has 1 aromatic carbocycles. The van der Waals surface area contributed by atoms with E-state index in [1.54, 1.807) is 6.08 Å². The number of benzene rings is 1. The highest BCUT2D eigenvalue weighted by molar-refractivity contribution is 5.70. The Labute approximate surface area is 97.4 Å². The number of carbonyl (C=O) groups is 1. The molecule has 84 valence electrons. The molecule has 0 bridgehead atoms. The Bertz CT molecular complexity index is 575. The Morgan fingerprint density at radius 2 is 2.18 bits per heavy atom. The number of hydrogen-bond donors (Lipinski definition) is 1. The molecule has 3 rings (SSSR count). The molecule has 0 aromatic heterocycles. The third-order valence-corrected chi connectivity index (χ3v) is 2.80. The fraction of sp³-hybridized carbons (Fsp3) is 0.0833. The molecule has 17 heavy (non-hydrogen) atoms. The smallest absolute Gasteiger partial charge is 0.433 e. The Morgan fingerprint density at radius 1 is 1.35 bits per heavy atom. The molecule has 0 fully saturated rings. The Hall–Kier alpha value is -2.43. The molecule has 1 amide bonds. The van der Waals surface area contributed by atoms with Gasteiger partial charge in [-0.25, -0.2) is 4.79 Å². The number of fused-ring (bicyclic) bond motifs is 3. The number of hydrogen-bond acceptors (Lipinski definition) is 3. The molecule has 0 radical (unpaired) electrons. The maximum Gasteiger partial charge on any atom is 0.433 e. The van der Waals surface area contributed by atoms with E-state index in [0.29, 0.717) is 5.70 Å². The Morgan fingerprint density at radius 3 is 3.00 bits per heavy atom. The van der Waals surface area contributed by atoms with Crippen molar-refractivity contribution in [2.45, 2.75) is 6.04 Å². The van der Waals surface area contributed by atoms with Crippen molar-refractivity contribution in [2.24, 2.45) is 10.3 Å². The van der Waals surface area contributed by atoms with E-state index in [9.17, 15) is 4.79 Å². The zero-order valence-corrected chi connectivity index (χ0v) is 8.82. The highest BCUT2D eigenvalue weighted by Gasteiger charge is 2.33. The minimum absolute atomic E-state index is 0.322. The second-order valence-corrected chi connectivity index (χ2v) is 3.78. The van der Waals surface area contributed by atoms with Crippen LogP contribution >= 0.6 is 0 Å². The number of nitrogens with zero attached hydrogens (tertiary/aromatic N) is 3. The average Bonchev–Trinajstić information content (AvgIpc) is 2.66. The van der Waals surface area contributed by atoms with E-state index in [-0.39, 0.29) is 6.04 Å². The summed E-state index contributed by atoms with van der Waals surface area (Å²) in [4.78, 5) is 11.0. The van der Waals surface area contributed by atoms with Crippen molar-refractivity contribution in [1.82, 2.24) is 5.01 Å². The van der Waals surface area contributed by atoms with Crippen LogP contribution in [-0.4, -0.2) is 16.2 Å². The highest BCUT2D eigenvalue weighted by atomic mass is 16.4. The van der Waals surface area contributed by atoms with Gasteiger partial charge in [0.25, 0.3) is 0 Å². The first-order valence-corrected chi connectivity index (χ1v) is 5.18. The zero-order valence-electron chi connectivity index (χ0n) is 8.82. The lowest BCUT2D eigenvalue weighted by molar-refractivity contribution is 0.160. The molecule has 5 heteroatoms. The summed E-state index contributed by atoms with van der Waals surface area (Å²) in [6.07, 6.45) is 4.38. The topological polar surface area (TPSA) is 65.3 Å². The zero-order chi connectivity index (χ0) is 11.8. The normalized spacial score (nSPS) is 20.6. The number of carboxylic acid groups (broad SMARTS) is 1. The Kier molecular flexibility index (Phi) is 2.04. The van der Waals surface area contributed by atoms with E-state index in [1.807, 2.05) is 36.4 Å².